The normalized spacial score (nSPS) is 21.7. The van der Waals surface area contributed by atoms with Gasteiger partial charge in [0.05, 0.1) is 10.6 Å². The summed E-state index contributed by atoms with van der Waals surface area (Å²) < 4.78 is 29.6. The molecule has 2 heterocycles. The number of rotatable bonds is 6. The molecule has 0 radical (unpaired) electrons. The Morgan fingerprint density at radius 3 is 2.70 bits per heavy atom. The van der Waals surface area contributed by atoms with Crippen LogP contribution in [0.4, 0.5) is 11.5 Å². The van der Waals surface area contributed by atoms with Crippen LogP contribution in [-0.4, -0.2) is 35.1 Å². The second-order valence-electron chi connectivity index (χ2n) is 6.69. The molecule has 27 heavy (non-hydrogen) atoms. The van der Waals surface area contributed by atoms with Gasteiger partial charge in [-0.2, -0.15) is 0 Å². The van der Waals surface area contributed by atoms with Gasteiger partial charge in [-0.15, -0.1) is 5.10 Å². The highest BCUT2D eigenvalue weighted by Crippen LogP contribution is 2.25. The van der Waals surface area contributed by atoms with Crippen molar-refractivity contribution in [3.8, 4) is 0 Å². The van der Waals surface area contributed by atoms with Gasteiger partial charge in [0, 0.05) is 30.5 Å². The summed E-state index contributed by atoms with van der Waals surface area (Å²) in [5.74, 6) is 0.603. The van der Waals surface area contributed by atoms with Gasteiger partial charge in [-0.25, -0.2) is 17.9 Å². The monoisotopic (exact) mass is 390 g/mol. The van der Waals surface area contributed by atoms with Crippen LogP contribution in [0.1, 0.15) is 39.5 Å². The number of anilines is 2. The zero-order valence-electron chi connectivity index (χ0n) is 15.6. The summed E-state index contributed by atoms with van der Waals surface area (Å²) in [7, 11) is -3.72. The number of imidazole rings is 1. The second-order valence-corrected chi connectivity index (χ2v) is 8.37. The highest BCUT2D eigenvalue weighted by Gasteiger charge is 2.21. The molecule has 0 spiro atoms. The van der Waals surface area contributed by atoms with Gasteiger partial charge in [-0.1, -0.05) is 12.2 Å². The Balaban J connectivity index is 1.89. The number of hydrogen-bond acceptors (Lipinski definition) is 6. The van der Waals surface area contributed by atoms with Gasteiger partial charge in [0.1, 0.15) is 5.82 Å². The number of aromatic nitrogens is 3. The second kappa shape index (κ2) is 8.10. The molecule has 2 aromatic rings. The molecule has 1 aliphatic rings. The molecule has 146 valence electrons. The fourth-order valence-electron chi connectivity index (χ4n) is 3.24. The van der Waals surface area contributed by atoms with E-state index in [9.17, 15) is 8.42 Å². The number of fused-ring (bicyclic) bond motifs is 1. The number of sulfonamides is 1. The molecule has 1 fully saturated rings. The molecule has 0 amide bonds. The highest BCUT2D eigenvalue weighted by atomic mass is 32.2. The summed E-state index contributed by atoms with van der Waals surface area (Å²) in [6.07, 6.45) is 12.0. The standard InChI is InChI=1S/C18H26N6O2S/c1-3-5-15(4-2)27(25,26)23-16-12-17(22-24-11-10-20-18(16)24)21-14-8-6-13(19)7-9-14/h3-5,10-14,23H,6-9,19H2,1-2H3,(H,21,22)/b5-3-,15-4+. The average Bonchev–Trinajstić information content (AvgIpc) is 3.10. The average molecular weight is 391 g/mol. The van der Waals surface area contributed by atoms with Gasteiger partial charge in [0.2, 0.25) is 0 Å². The van der Waals surface area contributed by atoms with Crippen molar-refractivity contribution in [3.63, 3.8) is 0 Å². The molecular weight excluding hydrogens is 364 g/mol. The van der Waals surface area contributed by atoms with E-state index in [0.29, 0.717) is 17.2 Å². The smallest absolute Gasteiger partial charge is 0.261 e. The lowest BCUT2D eigenvalue weighted by molar-refractivity contribution is 0.410. The van der Waals surface area contributed by atoms with Crippen molar-refractivity contribution in [2.75, 3.05) is 10.0 Å². The Morgan fingerprint density at radius 2 is 2.04 bits per heavy atom. The van der Waals surface area contributed by atoms with E-state index in [1.807, 2.05) is 0 Å². The molecule has 8 nitrogen and oxygen atoms in total. The molecular formula is C18H26N6O2S. The van der Waals surface area contributed by atoms with Crippen molar-refractivity contribution in [2.24, 2.45) is 5.73 Å². The highest BCUT2D eigenvalue weighted by molar-refractivity contribution is 7.96. The Labute approximate surface area is 159 Å². The molecule has 0 saturated heterocycles. The molecule has 2 aromatic heterocycles. The molecule has 9 heteroatoms. The van der Waals surface area contributed by atoms with Gasteiger partial charge in [-0.3, -0.25) is 4.72 Å². The van der Waals surface area contributed by atoms with E-state index >= 15 is 0 Å². The van der Waals surface area contributed by atoms with Crippen LogP contribution in [0.5, 0.6) is 0 Å². The van der Waals surface area contributed by atoms with E-state index in [2.05, 4.69) is 20.1 Å². The first-order chi connectivity index (χ1) is 12.9. The molecule has 0 aromatic carbocycles. The van der Waals surface area contributed by atoms with Crippen LogP contribution in [0.25, 0.3) is 5.65 Å². The minimum Gasteiger partial charge on any atom is -0.366 e. The van der Waals surface area contributed by atoms with Gasteiger partial charge < -0.3 is 11.1 Å². The Bertz CT molecular complexity index is 955. The zero-order valence-corrected chi connectivity index (χ0v) is 16.4. The minimum absolute atomic E-state index is 0.197. The Kier molecular flexibility index (Phi) is 5.81. The van der Waals surface area contributed by atoms with E-state index in [1.165, 1.54) is 0 Å². The van der Waals surface area contributed by atoms with Crippen molar-refractivity contribution in [2.45, 2.75) is 51.6 Å². The third-order valence-corrected chi connectivity index (χ3v) is 6.13. The topological polar surface area (TPSA) is 114 Å². The number of nitrogens with zero attached hydrogens (tertiary/aromatic N) is 3. The van der Waals surface area contributed by atoms with Crippen LogP contribution in [-0.2, 0) is 10.0 Å². The van der Waals surface area contributed by atoms with Crippen LogP contribution in [0.3, 0.4) is 0 Å². The maximum atomic E-state index is 12.7. The summed E-state index contributed by atoms with van der Waals surface area (Å²) in [6, 6.07) is 2.23. The van der Waals surface area contributed by atoms with Gasteiger partial charge in [0.25, 0.3) is 10.0 Å². The third-order valence-electron chi connectivity index (χ3n) is 4.65. The first-order valence-electron chi connectivity index (χ1n) is 9.11. The molecule has 0 unspecified atom stereocenters. The van der Waals surface area contributed by atoms with Gasteiger partial charge >= 0.3 is 0 Å². The van der Waals surface area contributed by atoms with Crippen molar-refractivity contribution >= 4 is 27.2 Å². The lowest BCUT2D eigenvalue weighted by atomic mass is 9.92. The number of nitrogens with two attached hydrogens (primary N) is 1. The van der Waals surface area contributed by atoms with Crippen molar-refractivity contribution in [3.05, 3.63) is 41.6 Å². The number of allylic oxidation sites excluding steroid dienone is 3. The summed E-state index contributed by atoms with van der Waals surface area (Å²) in [6.45, 7) is 3.46. The third kappa shape index (κ3) is 4.48. The molecule has 4 N–H and O–H groups in total. The van der Waals surface area contributed by atoms with E-state index in [1.54, 1.807) is 55.1 Å². The summed E-state index contributed by atoms with van der Waals surface area (Å²) >= 11 is 0. The molecule has 0 aliphatic heterocycles. The molecule has 0 bridgehead atoms. The van der Waals surface area contributed by atoms with Crippen LogP contribution in [0, 0.1) is 0 Å². The molecule has 1 aliphatic carbocycles. The SMILES string of the molecule is C/C=C\C(=C/C)S(=O)(=O)Nc1cc(NC2CCC(N)CC2)nn2ccnc12. The van der Waals surface area contributed by atoms with Crippen LogP contribution in [0.15, 0.2) is 41.6 Å². The Morgan fingerprint density at radius 1 is 1.30 bits per heavy atom. The maximum Gasteiger partial charge on any atom is 0.261 e. The number of nitrogens with one attached hydrogen (secondary N) is 2. The van der Waals surface area contributed by atoms with E-state index in [0.717, 1.165) is 25.7 Å². The van der Waals surface area contributed by atoms with Crippen molar-refractivity contribution in [1.29, 1.82) is 0 Å². The molecule has 1 saturated carbocycles. The fourth-order valence-corrected chi connectivity index (χ4v) is 4.43. The minimum atomic E-state index is -3.72. The van der Waals surface area contributed by atoms with Crippen LogP contribution >= 0.6 is 0 Å². The quantitative estimate of drug-likeness (QED) is 0.653. The lowest BCUT2D eigenvalue weighted by Crippen LogP contribution is -2.33. The van der Waals surface area contributed by atoms with Crippen LogP contribution in [0.2, 0.25) is 0 Å². The largest absolute Gasteiger partial charge is 0.366 e. The summed E-state index contributed by atoms with van der Waals surface area (Å²) in [4.78, 5) is 4.42. The fraction of sp³-hybridized carbons (Fsp3) is 0.444. The first kappa shape index (κ1) is 19.4. The van der Waals surface area contributed by atoms with Gasteiger partial charge in [-0.05, 0) is 45.6 Å². The predicted molar refractivity (Wildman–Crippen MR) is 108 cm³/mol. The number of hydrogen-bond donors (Lipinski definition) is 3. The zero-order chi connectivity index (χ0) is 19.4. The summed E-state index contributed by atoms with van der Waals surface area (Å²) in [5.41, 5.74) is 6.80. The van der Waals surface area contributed by atoms with E-state index < -0.39 is 10.0 Å². The first-order valence-corrected chi connectivity index (χ1v) is 10.6. The van der Waals surface area contributed by atoms with Crippen molar-refractivity contribution < 1.29 is 8.42 Å². The molecule has 0 atom stereocenters. The maximum absolute atomic E-state index is 12.7. The molecule has 3 rings (SSSR count). The Hall–Kier alpha value is -2.39. The van der Waals surface area contributed by atoms with Crippen LogP contribution < -0.4 is 15.8 Å². The summed E-state index contributed by atoms with van der Waals surface area (Å²) in [5, 5.41) is 7.89. The van der Waals surface area contributed by atoms with Crippen molar-refractivity contribution in [1.82, 2.24) is 14.6 Å². The van der Waals surface area contributed by atoms with Gasteiger partial charge in [0.15, 0.2) is 5.65 Å². The predicted octanol–water partition coefficient (Wildman–Crippen LogP) is 2.63. The van der Waals surface area contributed by atoms with E-state index in [4.69, 9.17) is 5.73 Å². The lowest BCUT2D eigenvalue weighted by Gasteiger charge is -2.27. The van der Waals surface area contributed by atoms with E-state index in [-0.39, 0.29) is 17.0 Å².